The second-order valence-electron chi connectivity index (χ2n) is 5.96. The van der Waals surface area contributed by atoms with E-state index in [1.807, 2.05) is 0 Å². The van der Waals surface area contributed by atoms with E-state index in [0.29, 0.717) is 34.0 Å². The number of nitrogens with two attached hydrogens (primary N) is 1. The molecule has 0 atom stereocenters. The maximum Gasteiger partial charge on any atom is 0.316 e. The Morgan fingerprint density at radius 1 is 1.04 bits per heavy atom. The fraction of sp³-hybridized carbons (Fsp3) is 0.105. The Morgan fingerprint density at radius 2 is 1.67 bits per heavy atom. The van der Waals surface area contributed by atoms with Crippen molar-refractivity contribution < 1.29 is 14.0 Å². The zero-order valence-electron chi connectivity index (χ0n) is 14.8. The average Bonchev–Trinajstić information content (AvgIpc) is 2.90. The number of aryl methyl sites for hydroxylation is 1. The van der Waals surface area contributed by atoms with Crippen molar-refractivity contribution in [1.29, 1.82) is 0 Å². The summed E-state index contributed by atoms with van der Waals surface area (Å²) in [7, 11) is 0. The minimum Gasteiger partial charge on any atom is -0.351 e. The van der Waals surface area contributed by atoms with E-state index in [9.17, 15) is 14.0 Å². The first-order valence-electron chi connectivity index (χ1n) is 8.15. The Hall–Kier alpha value is -3.68. The number of rotatable bonds is 4. The SMILES string of the molecule is Cc1nn(-c2ccc(F)cc2)c(C)c1C(=O)Nc1cccc(NC(N)=O)c1. The van der Waals surface area contributed by atoms with Gasteiger partial charge in [-0.15, -0.1) is 0 Å². The quantitative estimate of drug-likeness (QED) is 0.659. The van der Waals surface area contributed by atoms with Crippen LogP contribution in [0.3, 0.4) is 0 Å². The first kappa shape index (κ1) is 18.1. The number of carbonyl (C=O) groups is 2. The number of aromatic nitrogens is 2. The van der Waals surface area contributed by atoms with Gasteiger partial charge in [-0.2, -0.15) is 5.10 Å². The van der Waals surface area contributed by atoms with Gasteiger partial charge in [-0.05, 0) is 56.3 Å². The van der Waals surface area contributed by atoms with Crippen molar-refractivity contribution in [3.63, 3.8) is 0 Å². The van der Waals surface area contributed by atoms with E-state index in [1.54, 1.807) is 54.9 Å². The van der Waals surface area contributed by atoms with Gasteiger partial charge < -0.3 is 16.4 Å². The van der Waals surface area contributed by atoms with Gasteiger partial charge in [-0.3, -0.25) is 4.79 Å². The fourth-order valence-corrected chi connectivity index (χ4v) is 2.82. The first-order chi connectivity index (χ1) is 12.8. The molecule has 1 aromatic heterocycles. The van der Waals surface area contributed by atoms with E-state index in [4.69, 9.17) is 5.73 Å². The smallest absolute Gasteiger partial charge is 0.316 e. The van der Waals surface area contributed by atoms with Crippen LogP contribution in [-0.2, 0) is 0 Å². The Bertz CT molecular complexity index is 1010. The third-order valence-corrected chi connectivity index (χ3v) is 3.98. The molecule has 3 rings (SSSR count). The molecule has 3 aromatic rings. The maximum absolute atomic E-state index is 13.1. The van der Waals surface area contributed by atoms with Crippen LogP contribution in [0.2, 0.25) is 0 Å². The molecule has 0 bridgehead atoms. The number of anilines is 2. The van der Waals surface area contributed by atoms with Crippen LogP contribution in [0.4, 0.5) is 20.6 Å². The maximum atomic E-state index is 13.1. The van der Waals surface area contributed by atoms with Crippen LogP contribution in [0, 0.1) is 19.7 Å². The largest absolute Gasteiger partial charge is 0.351 e. The number of urea groups is 1. The van der Waals surface area contributed by atoms with Crippen LogP contribution in [0.5, 0.6) is 0 Å². The van der Waals surface area contributed by atoms with Gasteiger partial charge in [0.15, 0.2) is 0 Å². The number of amides is 3. The van der Waals surface area contributed by atoms with Crippen LogP contribution in [-0.4, -0.2) is 21.7 Å². The van der Waals surface area contributed by atoms with Gasteiger partial charge in [-0.25, -0.2) is 13.9 Å². The van der Waals surface area contributed by atoms with E-state index in [-0.39, 0.29) is 11.7 Å². The average molecular weight is 367 g/mol. The molecule has 8 heteroatoms. The number of nitrogens with zero attached hydrogens (tertiary/aromatic N) is 2. The molecule has 3 amide bonds. The van der Waals surface area contributed by atoms with Crippen LogP contribution in [0.25, 0.3) is 5.69 Å². The second kappa shape index (κ2) is 7.28. The Kier molecular flexibility index (Phi) is 4.89. The molecule has 0 radical (unpaired) electrons. The minimum atomic E-state index is -0.689. The van der Waals surface area contributed by atoms with Gasteiger partial charge in [0, 0.05) is 11.4 Å². The lowest BCUT2D eigenvalue weighted by Crippen LogP contribution is -2.19. The van der Waals surface area contributed by atoms with E-state index < -0.39 is 6.03 Å². The monoisotopic (exact) mass is 367 g/mol. The molecule has 0 aliphatic heterocycles. The number of hydrogen-bond donors (Lipinski definition) is 3. The van der Waals surface area contributed by atoms with Crippen molar-refractivity contribution in [1.82, 2.24) is 9.78 Å². The lowest BCUT2D eigenvalue weighted by atomic mass is 10.1. The highest BCUT2D eigenvalue weighted by Gasteiger charge is 2.19. The molecule has 7 nitrogen and oxygen atoms in total. The summed E-state index contributed by atoms with van der Waals surface area (Å²) < 4.78 is 14.7. The number of carbonyl (C=O) groups excluding carboxylic acids is 2. The minimum absolute atomic E-state index is 0.338. The molecule has 0 spiro atoms. The molecule has 4 N–H and O–H groups in total. The molecular formula is C19H18FN5O2. The van der Waals surface area contributed by atoms with Crippen LogP contribution >= 0.6 is 0 Å². The van der Waals surface area contributed by atoms with E-state index in [1.165, 1.54) is 12.1 Å². The predicted octanol–water partition coefficient (Wildman–Crippen LogP) is 3.37. The predicted molar refractivity (Wildman–Crippen MR) is 101 cm³/mol. The van der Waals surface area contributed by atoms with Gasteiger partial charge in [-0.1, -0.05) is 6.07 Å². The summed E-state index contributed by atoms with van der Waals surface area (Å²) in [4.78, 5) is 23.7. The highest BCUT2D eigenvalue weighted by molar-refractivity contribution is 6.06. The molecule has 138 valence electrons. The lowest BCUT2D eigenvalue weighted by Gasteiger charge is -2.08. The van der Waals surface area contributed by atoms with E-state index >= 15 is 0 Å². The lowest BCUT2D eigenvalue weighted by molar-refractivity contribution is 0.102. The molecule has 0 fully saturated rings. The van der Waals surface area contributed by atoms with Crippen molar-refractivity contribution in [3.8, 4) is 5.69 Å². The Morgan fingerprint density at radius 3 is 2.30 bits per heavy atom. The van der Waals surface area contributed by atoms with Gasteiger partial charge in [0.2, 0.25) is 0 Å². The van der Waals surface area contributed by atoms with Crippen molar-refractivity contribution in [2.45, 2.75) is 13.8 Å². The van der Waals surface area contributed by atoms with Crippen molar-refractivity contribution in [2.75, 3.05) is 10.6 Å². The van der Waals surface area contributed by atoms with E-state index in [0.717, 1.165) is 0 Å². The summed E-state index contributed by atoms with van der Waals surface area (Å²) >= 11 is 0. The van der Waals surface area contributed by atoms with Gasteiger partial charge in [0.25, 0.3) is 5.91 Å². The van der Waals surface area contributed by atoms with Crippen LogP contribution in [0.15, 0.2) is 48.5 Å². The third kappa shape index (κ3) is 3.95. The topological polar surface area (TPSA) is 102 Å². The van der Waals surface area contributed by atoms with Crippen LogP contribution in [0.1, 0.15) is 21.7 Å². The molecule has 0 aliphatic carbocycles. The van der Waals surface area contributed by atoms with Crippen molar-refractivity contribution >= 4 is 23.3 Å². The highest BCUT2D eigenvalue weighted by Crippen LogP contribution is 2.21. The molecular weight excluding hydrogens is 349 g/mol. The van der Waals surface area contributed by atoms with Gasteiger partial charge in [0.05, 0.1) is 22.6 Å². The summed E-state index contributed by atoms with van der Waals surface area (Å²) in [6.45, 7) is 3.50. The number of benzene rings is 2. The molecule has 27 heavy (non-hydrogen) atoms. The number of hydrogen-bond acceptors (Lipinski definition) is 3. The molecule has 2 aromatic carbocycles. The summed E-state index contributed by atoms with van der Waals surface area (Å²) in [6, 6.07) is 11.8. The van der Waals surface area contributed by atoms with Crippen molar-refractivity contribution in [3.05, 3.63) is 71.3 Å². The first-order valence-corrected chi connectivity index (χ1v) is 8.15. The number of halogens is 1. The fourth-order valence-electron chi connectivity index (χ4n) is 2.82. The molecule has 0 saturated carbocycles. The zero-order chi connectivity index (χ0) is 19.6. The van der Waals surface area contributed by atoms with Gasteiger partial charge in [0.1, 0.15) is 5.82 Å². The normalized spacial score (nSPS) is 10.5. The summed E-state index contributed by atoms with van der Waals surface area (Å²) in [5.41, 5.74) is 8.32. The summed E-state index contributed by atoms with van der Waals surface area (Å²) in [5.74, 6) is -0.683. The highest BCUT2D eigenvalue weighted by atomic mass is 19.1. The second-order valence-corrected chi connectivity index (χ2v) is 5.96. The Balaban J connectivity index is 1.87. The van der Waals surface area contributed by atoms with E-state index in [2.05, 4.69) is 15.7 Å². The standard InChI is InChI=1S/C19H18FN5O2/c1-11-17(12(2)25(24-11)16-8-6-13(20)7-9-16)18(26)22-14-4-3-5-15(10-14)23-19(21)27/h3-10H,1-2H3,(H,22,26)(H3,21,23,27). The molecule has 0 aliphatic rings. The molecule has 1 heterocycles. The molecule has 0 unspecified atom stereocenters. The summed E-state index contributed by atoms with van der Waals surface area (Å²) in [5, 5.41) is 9.62. The zero-order valence-corrected chi connectivity index (χ0v) is 14.8. The number of primary amides is 1. The Labute approximate surface area is 155 Å². The van der Waals surface area contributed by atoms with Crippen molar-refractivity contribution in [2.24, 2.45) is 5.73 Å². The number of nitrogens with one attached hydrogen (secondary N) is 2. The molecule has 0 saturated heterocycles. The van der Waals surface area contributed by atoms with Crippen LogP contribution < -0.4 is 16.4 Å². The van der Waals surface area contributed by atoms with Gasteiger partial charge >= 0.3 is 6.03 Å². The third-order valence-electron chi connectivity index (χ3n) is 3.98. The summed E-state index contributed by atoms with van der Waals surface area (Å²) in [6.07, 6.45) is 0.